The van der Waals surface area contributed by atoms with Crippen LogP contribution in [0.25, 0.3) is 0 Å². The van der Waals surface area contributed by atoms with Crippen LogP contribution < -0.4 is 0 Å². The number of hydrogen-bond acceptors (Lipinski definition) is 2. The van der Waals surface area contributed by atoms with Gasteiger partial charge in [0.25, 0.3) is 0 Å². The Labute approximate surface area is 95.1 Å². The van der Waals surface area contributed by atoms with E-state index in [1.54, 1.807) is 4.90 Å². The van der Waals surface area contributed by atoms with Crippen molar-refractivity contribution in [2.24, 2.45) is 0 Å². The summed E-state index contributed by atoms with van der Waals surface area (Å²) in [6.45, 7) is 2.27. The lowest BCUT2D eigenvalue weighted by atomic mass is 10.1. The van der Waals surface area contributed by atoms with Crippen LogP contribution in [0.4, 0.5) is 0 Å². The van der Waals surface area contributed by atoms with Gasteiger partial charge in [0.15, 0.2) is 5.78 Å². The van der Waals surface area contributed by atoms with Crippen molar-refractivity contribution in [2.75, 3.05) is 6.54 Å². The van der Waals surface area contributed by atoms with Crippen molar-refractivity contribution in [2.45, 2.75) is 25.8 Å². The van der Waals surface area contributed by atoms with Gasteiger partial charge in [0, 0.05) is 6.04 Å². The highest BCUT2D eigenvalue weighted by atomic mass is 16.2. The Morgan fingerprint density at radius 2 is 1.94 bits per heavy atom. The predicted molar refractivity (Wildman–Crippen MR) is 60.9 cm³/mol. The van der Waals surface area contributed by atoms with Gasteiger partial charge in [0.2, 0.25) is 5.91 Å². The van der Waals surface area contributed by atoms with Crippen LogP contribution in [0.3, 0.4) is 0 Å². The van der Waals surface area contributed by atoms with Crippen LogP contribution in [-0.4, -0.2) is 29.2 Å². The van der Waals surface area contributed by atoms with Crippen molar-refractivity contribution in [1.82, 2.24) is 4.90 Å². The molecular weight excluding hydrogens is 202 g/mol. The molecule has 3 heteroatoms. The van der Waals surface area contributed by atoms with Gasteiger partial charge in [-0.05, 0) is 18.9 Å². The van der Waals surface area contributed by atoms with Gasteiger partial charge in [-0.1, -0.05) is 30.3 Å². The van der Waals surface area contributed by atoms with E-state index in [4.69, 9.17) is 0 Å². The van der Waals surface area contributed by atoms with Gasteiger partial charge in [-0.3, -0.25) is 9.59 Å². The monoisotopic (exact) mass is 217 g/mol. The maximum absolute atomic E-state index is 11.5. The molecule has 1 atom stereocenters. The molecule has 0 spiro atoms. The number of rotatable bonds is 3. The zero-order valence-electron chi connectivity index (χ0n) is 9.35. The van der Waals surface area contributed by atoms with Gasteiger partial charge >= 0.3 is 0 Å². The number of benzene rings is 1. The molecule has 3 nitrogen and oxygen atoms in total. The second-order valence-corrected chi connectivity index (χ2v) is 4.28. The second kappa shape index (κ2) is 4.47. The predicted octanol–water partition coefficient (Wildman–Crippen LogP) is 1.42. The van der Waals surface area contributed by atoms with Gasteiger partial charge < -0.3 is 4.90 Å². The smallest absolute Gasteiger partial charge is 0.230 e. The van der Waals surface area contributed by atoms with Crippen LogP contribution in [0, 0.1) is 0 Å². The largest absolute Gasteiger partial charge is 0.332 e. The Morgan fingerprint density at radius 1 is 1.25 bits per heavy atom. The molecule has 16 heavy (non-hydrogen) atoms. The van der Waals surface area contributed by atoms with Crippen LogP contribution in [0.2, 0.25) is 0 Å². The van der Waals surface area contributed by atoms with E-state index in [2.05, 4.69) is 0 Å². The topological polar surface area (TPSA) is 37.4 Å². The minimum atomic E-state index is -0.0339. The van der Waals surface area contributed by atoms with Gasteiger partial charge in [0.05, 0.1) is 13.0 Å². The number of Topliss-reactive ketones (excluding diaryl/α,β-unsaturated/α-hetero) is 1. The summed E-state index contributed by atoms with van der Waals surface area (Å²) < 4.78 is 0. The fourth-order valence-corrected chi connectivity index (χ4v) is 2.07. The molecule has 0 aromatic heterocycles. The zero-order valence-corrected chi connectivity index (χ0v) is 9.35. The summed E-state index contributed by atoms with van der Waals surface area (Å²) in [5, 5.41) is 0. The molecule has 1 saturated heterocycles. The highest BCUT2D eigenvalue weighted by molar-refractivity contribution is 6.05. The molecule has 1 aromatic rings. The van der Waals surface area contributed by atoms with E-state index in [0.29, 0.717) is 0 Å². The Bertz CT molecular complexity index is 400. The number of likely N-dealkylation sites (tertiary alicyclic amines) is 1. The Morgan fingerprint density at radius 3 is 2.50 bits per heavy atom. The summed E-state index contributed by atoms with van der Waals surface area (Å²) >= 11 is 0. The van der Waals surface area contributed by atoms with E-state index in [1.165, 1.54) is 5.56 Å². The first-order valence-electron chi connectivity index (χ1n) is 5.52. The average molecular weight is 217 g/mol. The highest BCUT2D eigenvalue weighted by Crippen LogP contribution is 2.14. The third kappa shape index (κ3) is 2.30. The molecule has 1 aliphatic heterocycles. The fourth-order valence-electron chi connectivity index (χ4n) is 2.07. The molecule has 0 radical (unpaired) electrons. The summed E-state index contributed by atoms with van der Waals surface area (Å²) in [5.41, 5.74) is 1.20. The fraction of sp³-hybridized carbons (Fsp3) is 0.385. The first-order valence-corrected chi connectivity index (χ1v) is 5.52. The van der Waals surface area contributed by atoms with E-state index in [-0.39, 0.29) is 30.7 Å². The van der Waals surface area contributed by atoms with Gasteiger partial charge in [0.1, 0.15) is 0 Å². The second-order valence-electron chi connectivity index (χ2n) is 4.28. The van der Waals surface area contributed by atoms with Gasteiger partial charge in [-0.15, -0.1) is 0 Å². The molecule has 1 unspecified atom stereocenters. The van der Waals surface area contributed by atoms with Crippen molar-refractivity contribution >= 4 is 11.7 Å². The lowest BCUT2D eigenvalue weighted by molar-refractivity contribution is -0.129. The molecule has 1 fully saturated rings. The normalized spacial score (nSPS) is 17.9. The number of hydrogen-bond donors (Lipinski definition) is 0. The minimum Gasteiger partial charge on any atom is -0.332 e. The lowest BCUT2D eigenvalue weighted by Gasteiger charge is -2.23. The molecule has 1 heterocycles. The van der Waals surface area contributed by atoms with Gasteiger partial charge in [-0.2, -0.15) is 0 Å². The SMILES string of the molecule is CC(Cc1ccccc1)N1CC(=O)CC1=O. The summed E-state index contributed by atoms with van der Waals surface area (Å²) in [6.07, 6.45) is 0.888. The van der Waals surface area contributed by atoms with E-state index >= 15 is 0 Å². The van der Waals surface area contributed by atoms with Crippen LogP contribution >= 0.6 is 0 Å². The Hall–Kier alpha value is -1.64. The first kappa shape index (κ1) is 10.9. The summed E-state index contributed by atoms with van der Waals surface area (Å²) in [7, 11) is 0. The molecule has 1 aromatic carbocycles. The van der Waals surface area contributed by atoms with Crippen molar-refractivity contribution in [1.29, 1.82) is 0 Å². The number of carbonyl (C=O) groups is 2. The van der Waals surface area contributed by atoms with Crippen LogP contribution in [0.1, 0.15) is 18.9 Å². The van der Waals surface area contributed by atoms with Crippen molar-refractivity contribution in [3.05, 3.63) is 35.9 Å². The van der Waals surface area contributed by atoms with E-state index in [1.807, 2.05) is 37.3 Å². The third-order valence-corrected chi connectivity index (χ3v) is 2.92. The van der Waals surface area contributed by atoms with Crippen molar-refractivity contribution < 1.29 is 9.59 Å². The molecular formula is C13H15NO2. The number of nitrogens with zero attached hydrogens (tertiary/aromatic N) is 1. The number of amides is 1. The van der Waals surface area contributed by atoms with E-state index < -0.39 is 0 Å². The maximum atomic E-state index is 11.5. The first-order chi connectivity index (χ1) is 7.66. The molecule has 1 aliphatic rings. The van der Waals surface area contributed by atoms with Crippen LogP contribution in [-0.2, 0) is 16.0 Å². The average Bonchev–Trinajstić information content (AvgIpc) is 2.59. The highest BCUT2D eigenvalue weighted by Gasteiger charge is 2.30. The van der Waals surface area contributed by atoms with Crippen LogP contribution in [0.15, 0.2) is 30.3 Å². The maximum Gasteiger partial charge on any atom is 0.230 e. The molecule has 1 amide bonds. The van der Waals surface area contributed by atoms with Crippen molar-refractivity contribution in [3.63, 3.8) is 0 Å². The molecule has 84 valence electrons. The molecule has 2 rings (SSSR count). The van der Waals surface area contributed by atoms with E-state index in [0.717, 1.165) is 6.42 Å². The molecule has 0 bridgehead atoms. The molecule has 0 aliphatic carbocycles. The lowest BCUT2D eigenvalue weighted by Crippen LogP contribution is -2.35. The summed E-state index contributed by atoms with van der Waals surface area (Å²) in [6, 6.07) is 10.1. The van der Waals surface area contributed by atoms with Crippen molar-refractivity contribution in [3.8, 4) is 0 Å². The standard InChI is InChI=1S/C13H15NO2/c1-10(7-11-5-3-2-4-6-11)14-9-12(15)8-13(14)16/h2-6,10H,7-9H2,1H3. The molecule has 0 saturated carbocycles. The number of ketones is 1. The number of carbonyl (C=O) groups excluding carboxylic acids is 2. The quantitative estimate of drug-likeness (QED) is 0.718. The van der Waals surface area contributed by atoms with Gasteiger partial charge in [-0.25, -0.2) is 0 Å². The third-order valence-electron chi connectivity index (χ3n) is 2.92. The summed E-state index contributed by atoms with van der Waals surface area (Å²) in [4.78, 5) is 24.4. The Balaban J connectivity index is 2.01. The Kier molecular flexibility index (Phi) is 3.04. The zero-order chi connectivity index (χ0) is 11.5. The molecule has 0 N–H and O–H groups in total. The van der Waals surface area contributed by atoms with E-state index in [9.17, 15) is 9.59 Å². The minimum absolute atomic E-state index is 0.0323. The van der Waals surface area contributed by atoms with Crippen LogP contribution in [0.5, 0.6) is 0 Å². The summed E-state index contributed by atoms with van der Waals surface area (Å²) in [5.74, 6) is -0.00153.